The second-order valence-electron chi connectivity index (χ2n) is 5.19. The molecule has 3 heteroatoms. The summed E-state index contributed by atoms with van der Waals surface area (Å²) < 4.78 is 0. The highest BCUT2D eigenvalue weighted by atomic mass is 35.5. The molecule has 0 unspecified atom stereocenters. The molecule has 1 aliphatic heterocycles. The van der Waals surface area contributed by atoms with Crippen molar-refractivity contribution in [1.82, 2.24) is 9.88 Å². The van der Waals surface area contributed by atoms with Gasteiger partial charge in [-0.15, -0.1) is 0 Å². The predicted molar refractivity (Wildman–Crippen MR) is 83.5 cm³/mol. The minimum absolute atomic E-state index is 0.543. The van der Waals surface area contributed by atoms with Crippen molar-refractivity contribution >= 4 is 17.2 Å². The largest absolute Gasteiger partial charge is 0.294 e. The summed E-state index contributed by atoms with van der Waals surface area (Å²) in [5, 5.41) is 0.543. The quantitative estimate of drug-likeness (QED) is 0.770. The summed E-state index contributed by atoms with van der Waals surface area (Å²) in [4.78, 5) is 6.87. The smallest absolute Gasteiger partial charge is 0.129 e. The molecular formula is C17H17ClN2. The van der Waals surface area contributed by atoms with Crippen molar-refractivity contribution in [2.24, 2.45) is 0 Å². The molecule has 1 aromatic heterocycles. The third-order valence-corrected chi connectivity index (χ3v) is 3.86. The van der Waals surface area contributed by atoms with E-state index in [1.165, 1.54) is 11.1 Å². The van der Waals surface area contributed by atoms with Crippen molar-refractivity contribution in [1.29, 1.82) is 0 Å². The van der Waals surface area contributed by atoms with Gasteiger partial charge >= 0.3 is 0 Å². The van der Waals surface area contributed by atoms with Gasteiger partial charge in [-0.25, -0.2) is 4.98 Å². The molecule has 0 radical (unpaired) electrons. The molecule has 0 saturated heterocycles. The SMILES string of the molecule is C=C1CCN(Cc2ccccc2)Cc2ccc(Cl)nc21. The summed E-state index contributed by atoms with van der Waals surface area (Å²) in [5.74, 6) is 0. The normalized spacial score (nSPS) is 15.8. The molecular weight excluding hydrogens is 268 g/mol. The van der Waals surface area contributed by atoms with Crippen LogP contribution in [0.5, 0.6) is 0 Å². The van der Waals surface area contributed by atoms with Crippen LogP contribution < -0.4 is 0 Å². The van der Waals surface area contributed by atoms with E-state index in [1.54, 1.807) is 0 Å². The van der Waals surface area contributed by atoms with Gasteiger partial charge in [0.15, 0.2) is 0 Å². The first-order valence-corrected chi connectivity index (χ1v) is 7.20. The third kappa shape index (κ3) is 2.92. The van der Waals surface area contributed by atoms with Gasteiger partial charge in [0.05, 0.1) is 5.69 Å². The molecule has 0 saturated carbocycles. The van der Waals surface area contributed by atoms with Gasteiger partial charge in [0.1, 0.15) is 5.15 Å². The highest BCUT2D eigenvalue weighted by Gasteiger charge is 2.18. The van der Waals surface area contributed by atoms with E-state index in [0.717, 1.165) is 37.3 Å². The van der Waals surface area contributed by atoms with Crippen LogP contribution in [0.1, 0.15) is 23.2 Å². The first-order chi connectivity index (χ1) is 9.72. The lowest BCUT2D eigenvalue weighted by Gasteiger charge is -2.20. The lowest BCUT2D eigenvalue weighted by atomic mass is 10.1. The van der Waals surface area contributed by atoms with Gasteiger partial charge < -0.3 is 0 Å². The van der Waals surface area contributed by atoms with E-state index in [1.807, 2.05) is 6.07 Å². The Hall–Kier alpha value is -1.64. The van der Waals surface area contributed by atoms with Gasteiger partial charge in [0.25, 0.3) is 0 Å². The Bertz CT molecular complexity index is 622. The molecule has 0 amide bonds. The Balaban J connectivity index is 1.83. The summed E-state index contributed by atoms with van der Waals surface area (Å²) in [6.45, 7) is 7.00. The van der Waals surface area contributed by atoms with E-state index in [9.17, 15) is 0 Å². The predicted octanol–water partition coefficient (Wildman–Crippen LogP) is 4.15. The van der Waals surface area contributed by atoms with Crippen LogP contribution in [-0.4, -0.2) is 16.4 Å². The van der Waals surface area contributed by atoms with Gasteiger partial charge in [-0.05, 0) is 29.2 Å². The van der Waals surface area contributed by atoms with Gasteiger partial charge in [-0.1, -0.05) is 54.6 Å². The van der Waals surface area contributed by atoms with E-state index in [0.29, 0.717) is 5.15 Å². The highest BCUT2D eigenvalue weighted by molar-refractivity contribution is 6.29. The van der Waals surface area contributed by atoms with E-state index < -0.39 is 0 Å². The molecule has 2 heterocycles. The van der Waals surface area contributed by atoms with Crippen LogP contribution in [0, 0.1) is 0 Å². The Kier molecular flexibility index (Phi) is 3.86. The second kappa shape index (κ2) is 5.78. The fourth-order valence-corrected chi connectivity index (χ4v) is 2.75. The van der Waals surface area contributed by atoms with Crippen LogP contribution in [0.4, 0.5) is 0 Å². The lowest BCUT2D eigenvalue weighted by Crippen LogP contribution is -2.22. The number of pyridine rings is 1. The first kappa shape index (κ1) is 13.3. The summed E-state index contributed by atoms with van der Waals surface area (Å²) in [5.41, 5.74) is 4.61. The van der Waals surface area contributed by atoms with Crippen molar-refractivity contribution in [3.05, 3.63) is 71.0 Å². The molecule has 0 atom stereocenters. The maximum absolute atomic E-state index is 6.00. The number of halogens is 1. The molecule has 102 valence electrons. The van der Waals surface area contributed by atoms with Crippen molar-refractivity contribution in [3.8, 4) is 0 Å². The summed E-state index contributed by atoms with van der Waals surface area (Å²) >= 11 is 6.00. The molecule has 1 aromatic carbocycles. The summed E-state index contributed by atoms with van der Waals surface area (Å²) in [6.07, 6.45) is 0.938. The van der Waals surface area contributed by atoms with Crippen LogP contribution >= 0.6 is 11.6 Å². The van der Waals surface area contributed by atoms with Crippen molar-refractivity contribution in [3.63, 3.8) is 0 Å². The van der Waals surface area contributed by atoms with Crippen molar-refractivity contribution in [2.75, 3.05) is 6.54 Å². The number of nitrogens with zero attached hydrogens (tertiary/aromatic N) is 2. The lowest BCUT2D eigenvalue weighted by molar-refractivity contribution is 0.267. The van der Waals surface area contributed by atoms with Gasteiger partial charge in [0, 0.05) is 19.6 Å². The number of hydrogen-bond acceptors (Lipinski definition) is 2. The second-order valence-corrected chi connectivity index (χ2v) is 5.58. The van der Waals surface area contributed by atoms with Crippen LogP contribution in [0.25, 0.3) is 5.57 Å². The topological polar surface area (TPSA) is 16.1 Å². The molecule has 2 nitrogen and oxygen atoms in total. The number of aromatic nitrogens is 1. The number of hydrogen-bond donors (Lipinski definition) is 0. The zero-order valence-electron chi connectivity index (χ0n) is 11.3. The molecule has 0 spiro atoms. The van der Waals surface area contributed by atoms with Gasteiger partial charge in [-0.2, -0.15) is 0 Å². The van der Waals surface area contributed by atoms with Crippen molar-refractivity contribution < 1.29 is 0 Å². The number of fused-ring (bicyclic) bond motifs is 1. The van der Waals surface area contributed by atoms with Crippen LogP contribution in [-0.2, 0) is 13.1 Å². The van der Waals surface area contributed by atoms with Crippen LogP contribution in [0.2, 0.25) is 5.15 Å². The van der Waals surface area contributed by atoms with Crippen LogP contribution in [0.15, 0.2) is 49.0 Å². The molecule has 20 heavy (non-hydrogen) atoms. The monoisotopic (exact) mass is 284 g/mol. The molecule has 3 rings (SSSR count). The molecule has 0 bridgehead atoms. The molecule has 1 aliphatic rings. The Labute approximate surface area is 124 Å². The highest BCUT2D eigenvalue weighted by Crippen LogP contribution is 2.26. The Morgan fingerprint density at radius 1 is 1.15 bits per heavy atom. The summed E-state index contributed by atoms with van der Waals surface area (Å²) in [7, 11) is 0. The fraction of sp³-hybridized carbons (Fsp3) is 0.235. The fourth-order valence-electron chi connectivity index (χ4n) is 2.61. The molecule has 0 N–H and O–H groups in total. The average molecular weight is 285 g/mol. The van der Waals surface area contributed by atoms with Gasteiger partial charge in [-0.3, -0.25) is 4.90 Å². The van der Waals surface area contributed by atoms with E-state index in [-0.39, 0.29) is 0 Å². The maximum Gasteiger partial charge on any atom is 0.129 e. The molecule has 0 fully saturated rings. The van der Waals surface area contributed by atoms with E-state index >= 15 is 0 Å². The van der Waals surface area contributed by atoms with Crippen molar-refractivity contribution in [2.45, 2.75) is 19.5 Å². The van der Waals surface area contributed by atoms with Crippen LogP contribution in [0.3, 0.4) is 0 Å². The number of benzene rings is 1. The van der Waals surface area contributed by atoms with Gasteiger partial charge in [0.2, 0.25) is 0 Å². The Morgan fingerprint density at radius 3 is 2.75 bits per heavy atom. The van der Waals surface area contributed by atoms with E-state index in [4.69, 9.17) is 11.6 Å². The molecule has 0 aliphatic carbocycles. The van der Waals surface area contributed by atoms with E-state index in [2.05, 4.69) is 52.9 Å². The zero-order valence-corrected chi connectivity index (χ0v) is 12.1. The minimum Gasteiger partial charge on any atom is -0.294 e. The third-order valence-electron chi connectivity index (χ3n) is 3.65. The standard InChI is InChI=1S/C17H17ClN2/c1-13-9-10-20(11-14-5-3-2-4-6-14)12-15-7-8-16(18)19-17(13)15/h2-8H,1,9-12H2. The summed E-state index contributed by atoms with van der Waals surface area (Å²) in [6, 6.07) is 14.5. The Morgan fingerprint density at radius 2 is 1.95 bits per heavy atom. The molecule has 2 aromatic rings. The zero-order chi connectivity index (χ0) is 13.9. The average Bonchev–Trinajstić information content (AvgIpc) is 2.61. The minimum atomic E-state index is 0.543. The number of rotatable bonds is 2. The maximum atomic E-state index is 6.00. The first-order valence-electron chi connectivity index (χ1n) is 6.82.